The van der Waals surface area contributed by atoms with Gasteiger partial charge in [-0.1, -0.05) is 0 Å². The predicted octanol–water partition coefficient (Wildman–Crippen LogP) is 2.88. The number of carbonyl (C=O) groups excluding carboxylic acids is 1. The summed E-state index contributed by atoms with van der Waals surface area (Å²) in [7, 11) is 0. The number of nitrogens with zero attached hydrogens (tertiary/aromatic N) is 3. The third-order valence-corrected chi connectivity index (χ3v) is 4.48. The zero-order chi connectivity index (χ0) is 22.1. The molecule has 3 N–H and O–H groups in total. The number of carbonyl (C=O) groups is 1. The van der Waals surface area contributed by atoms with Crippen LogP contribution in [0.5, 0.6) is 0 Å². The quantitative estimate of drug-likeness (QED) is 0.740. The Kier molecular flexibility index (Phi) is 5.45. The molecule has 1 amide bonds. The lowest BCUT2D eigenvalue weighted by Crippen LogP contribution is -2.53. The van der Waals surface area contributed by atoms with E-state index in [1.165, 1.54) is 24.4 Å². The molecule has 1 aromatic heterocycles. The highest BCUT2D eigenvalue weighted by Crippen LogP contribution is 2.43. The first-order valence-corrected chi connectivity index (χ1v) is 8.54. The van der Waals surface area contributed by atoms with Crippen LogP contribution in [-0.2, 0) is 10.3 Å². The first-order valence-electron chi connectivity index (χ1n) is 8.54. The number of rotatable bonds is 3. The summed E-state index contributed by atoms with van der Waals surface area (Å²) in [6, 6.07) is 7.68. The largest absolute Gasteiger partial charge is 0.417 e. The van der Waals surface area contributed by atoms with Gasteiger partial charge in [-0.2, -0.15) is 18.4 Å². The van der Waals surface area contributed by atoms with Crippen LogP contribution in [0, 0.1) is 17.1 Å². The number of amides is 1. The maximum atomic E-state index is 14.5. The van der Waals surface area contributed by atoms with Crippen molar-refractivity contribution in [2.45, 2.75) is 24.7 Å². The molecule has 7 nitrogen and oxygen atoms in total. The number of hydrogen-bond donors (Lipinski definition) is 2. The van der Waals surface area contributed by atoms with Crippen LogP contribution in [0.25, 0.3) is 0 Å². The van der Waals surface area contributed by atoms with Crippen molar-refractivity contribution < 1.29 is 27.1 Å². The van der Waals surface area contributed by atoms with Crippen LogP contribution in [0.3, 0.4) is 0 Å². The molecule has 0 spiro atoms. The molecule has 2 aromatic rings. The van der Waals surface area contributed by atoms with Crippen LogP contribution in [0.4, 0.5) is 23.2 Å². The number of aromatic nitrogens is 1. The van der Waals surface area contributed by atoms with E-state index in [9.17, 15) is 22.4 Å². The SMILES string of the molecule is CC1(c2cc(NC(=O)c3ccc(C#N)cn3)ccc2F)N=C(N)COC1C(F)(F)F. The van der Waals surface area contributed by atoms with Crippen molar-refractivity contribution in [3.05, 3.63) is 59.2 Å². The molecule has 11 heteroatoms. The standard InChI is InChI=1S/C19H15F4N5O2/c1-18(17(19(21,22)23)30-9-15(25)28-18)12-6-11(3-4-13(12)20)27-16(29)14-5-2-10(7-24)8-26-14/h2-6,8,17H,9H2,1H3,(H2,25,28)(H,27,29). The summed E-state index contributed by atoms with van der Waals surface area (Å²) in [6.45, 7) is 0.519. The van der Waals surface area contributed by atoms with Crippen LogP contribution < -0.4 is 11.1 Å². The van der Waals surface area contributed by atoms with E-state index in [4.69, 9.17) is 15.7 Å². The Morgan fingerprint density at radius 1 is 1.37 bits per heavy atom. The lowest BCUT2D eigenvalue weighted by molar-refractivity contribution is -0.238. The van der Waals surface area contributed by atoms with E-state index >= 15 is 0 Å². The fourth-order valence-electron chi connectivity index (χ4n) is 3.12. The molecule has 156 valence electrons. The second kappa shape index (κ2) is 7.72. The van der Waals surface area contributed by atoms with Gasteiger partial charge in [-0.15, -0.1) is 0 Å². The first kappa shape index (κ1) is 21.2. The number of pyridine rings is 1. The molecule has 2 atom stereocenters. The van der Waals surface area contributed by atoms with E-state index in [1.807, 2.05) is 6.07 Å². The number of benzene rings is 1. The van der Waals surface area contributed by atoms with Crippen LogP contribution in [0.1, 0.15) is 28.5 Å². The highest BCUT2D eigenvalue weighted by atomic mass is 19.4. The van der Waals surface area contributed by atoms with Crippen molar-refractivity contribution in [2.24, 2.45) is 10.7 Å². The molecule has 1 aromatic carbocycles. The van der Waals surface area contributed by atoms with Crippen molar-refractivity contribution in [1.82, 2.24) is 4.98 Å². The summed E-state index contributed by atoms with van der Waals surface area (Å²) in [5.74, 6) is -1.88. The lowest BCUT2D eigenvalue weighted by Gasteiger charge is -2.39. The molecule has 3 rings (SSSR count). The Bertz CT molecular complexity index is 1050. The zero-order valence-electron chi connectivity index (χ0n) is 15.5. The minimum Gasteiger partial charge on any atom is -0.386 e. The van der Waals surface area contributed by atoms with Gasteiger partial charge in [0, 0.05) is 17.4 Å². The Balaban J connectivity index is 1.97. The lowest BCUT2D eigenvalue weighted by atomic mass is 9.84. The number of ether oxygens (including phenoxy) is 1. The number of nitrogens with two attached hydrogens (primary N) is 1. The number of nitrogens with one attached hydrogen (secondary N) is 1. The summed E-state index contributed by atoms with van der Waals surface area (Å²) in [4.78, 5) is 20.0. The van der Waals surface area contributed by atoms with Crippen molar-refractivity contribution in [3.8, 4) is 6.07 Å². The molecule has 1 aliphatic rings. The monoisotopic (exact) mass is 421 g/mol. The van der Waals surface area contributed by atoms with E-state index in [0.717, 1.165) is 19.1 Å². The molecule has 0 fully saturated rings. The predicted molar refractivity (Wildman–Crippen MR) is 98.1 cm³/mol. The fraction of sp³-hybridized carbons (Fsp3) is 0.263. The van der Waals surface area contributed by atoms with E-state index in [0.29, 0.717) is 0 Å². The smallest absolute Gasteiger partial charge is 0.386 e. The van der Waals surface area contributed by atoms with Crippen molar-refractivity contribution >= 4 is 17.4 Å². The summed E-state index contributed by atoms with van der Waals surface area (Å²) < 4.78 is 59.9. The molecule has 0 aliphatic carbocycles. The number of halogens is 4. The first-order chi connectivity index (χ1) is 14.0. The van der Waals surface area contributed by atoms with Gasteiger partial charge in [0.1, 0.15) is 35.6 Å². The Labute approximate surface area is 168 Å². The second-order valence-corrected chi connectivity index (χ2v) is 6.68. The van der Waals surface area contributed by atoms with Gasteiger partial charge in [-0.3, -0.25) is 9.79 Å². The van der Waals surface area contributed by atoms with Crippen LogP contribution in [-0.4, -0.2) is 35.6 Å². The molecule has 1 aliphatic heterocycles. The topological polar surface area (TPSA) is 113 Å². The molecule has 0 radical (unpaired) electrons. The van der Waals surface area contributed by atoms with Gasteiger partial charge in [0.25, 0.3) is 5.91 Å². The van der Waals surface area contributed by atoms with Gasteiger partial charge in [0.15, 0.2) is 6.10 Å². The second-order valence-electron chi connectivity index (χ2n) is 6.68. The number of nitriles is 1. The number of aliphatic imine (C=N–C) groups is 1. The van der Waals surface area contributed by atoms with Crippen LogP contribution >= 0.6 is 0 Å². The molecule has 0 bridgehead atoms. The molecular weight excluding hydrogens is 406 g/mol. The maximum absolute atomic E-state index is 14.5. The minimum atomic E-state index is -4.84. The fourth-order valence-corrected chi connectivity index (χ4v) is 3.12. The number of hydrogen-bond acceptors (Lipinski definition) is 6. The number of alkyl halides is 3. The normalized spacial score (nSPS) is 21.5. The molecule has 0 saturated heterocycles. The maximum Gasteiger partial charge on any atom is 0.417 e. The summed E-state index contributed by atoms with van der Waals surface area (Å²) >= 11 is 0. The summed E-state index contributed by atoms with van der Waals surface area (Å²) in [6.07, 6.45) is -6.08. The van der Waals surface area contributed by atoms with Gasteiger partial charge >= 0.3 is 6.18 Å². The number of anilines is 1. The third-order valence-electron chi connectivity index (χ3n) is 4.48. The van der Waals surface area contributed by atoms with Crippen molar-refractivity contribution in [3.63, 3.8) is 0 Å². The van der Waals surface area contributed by atoms with E-state index in [-0.39, 0.29) is 22.8 Å². The van der Waals surface area contributed by atoms with Crippen molar-refractivity contribution in [2.75, 3.05) is 11.9 Å². The van der Waals surface area contributed by atoms with Gasteiger partial charge in [0.05, 0.1) is 5.56 Å². The molecular formula is C19H15F4N5O2. The van der Waals surface area contributed by atoms with Crippen LogP contribution in [0.2, 0.25) is 0 Å². The third kappa shape index (κ3) is 4.08. The summed E-state index contributed by atoms with van der Waals surface area (Å²) in [5.41, 5.74) is 3.14. The van der Waals surface area contributed by atoms with E-state index < -0.39 is 41.7 Å². The Morgan fingerprint density at radius 2 is 2.10 bits per heavy atom. The summed E-state index contributed by atoms with van der Waals surface area (Å²) in [5, 5.41) is 11.2. The average molecular weight is 421 g/mol. The van der Waals surface area contributed by atoms with Gasteiger partial charge in [-0.05, 0) is 37.3 Å². The van der Waals surface area contributed by atoms with Crippen LogP contribution in [0.15, 0.2) is 41.5 Å². The average Bonchev–Trinajstić information content (AvgIpc) is 2.68. The molecule has 2 heterocycles. The highest BCUT2D eigenvalue weighted by Gasteiger charge is 2.56. The minimum absolute atomic E-state index is 0.0176. The zero-order valence-corrected chi connectivity index (χ0v) is 15.5. The molecule has 0 saturated carbocycles. The van der Waals surface area contributed by atoms with E-state index in [2.05, 4.69) is 15.3 Å². The van der Waals surface area contributed by atoms with E-state index in [1.54, 1.807) is 0 Å². The Hall–Kier alpha value is -3.52. The Morgan fingerprint density at radius 3 is 2.70 bits per heavy atom. The van der Waals surface area contributed by atoms with Gasteiger partial charge in [-0.25, -0.2) is 9.37 Å². The molecule has 2 unspecified atom stereocenters. The highest BCUT2D eigenvalue weighted by molar-refractivity contribution is 6.02. The number of amidine groups is 1. The molecule has 30 heavy (non-hydrogen) atoms. The van der Waals surface area contributed by atoms with Gasteiger partial charge in [0.2, 0.25) is 0 Å². The van der Waals surface area contributed by atoms with Crippen molar-refractivity contribution in [1.29, 1.82) is 5.26 Å². The van der Waals surface area contributed by atoms with Gasteiger partial charge < -0.3 is 15.8 Å².